The molecule has 0 bridgehead atoms. The number of nitrogens with zero attached hydrogens (tertiary/aromatic N) is 4. The molecule has 0 radical (unpaired) electrons. The molecule has 0 aliphatic carbocycles. The van der Waals surface area contributed by atoms with Crippen LogP contribution in [0.5, 0.6) is 0 Å². The van der Waals surface area contributed by atoms with E-state index in [1.807, 2.05) is 30.0 Å². The third-order valence-corrected chi connectivity index (χ3v) is 4.56. The molecule has 1 aliphatic rings. The van der Waals surface area contributed by atoms with Crippen LogP contribution in [0.15, 0.2) is 30.5 Å². The van der Waals surface area contributed by atoms with Crippen LogP contribution in [0.25, 0.3) is 4.96 Å². The lowest BCUT2D eigenvalue weighted by atomic mass is 10.0. The van der Waals surface area contributed by atoms with Crippen LogP contribution in [0.2, 0.25) is 0 Å². The van der Waals surface area contributed by atoms with Gasteiger partial charge in [-0.1, -0.05) is 29.5 Å². The highest BCUT2D eigenvalue weighted by Crippen LogP contribution is 2.28. The first-order valence-electron chi connectivity index (χ1n) is 6.95. The van der Waals surface area contributed by atoms with Crippen molar-refractivity contribution in [3.8, 4) is 0 Å². The molecule has 2 aromatic heterocycles. The van der Waals surface area contributed by atoms with Gasteiger partial charge in [-0.05, 0) is 31.4 Å². The van der Waals surface area contributed by atoms with Crippen LogP contribution in [-0.4, -0.2) is 27.0 Å². The van der Waals surface area contributed by atoms with Crippen LogP contribution < -0.4 is 4.90 Å². The van der Waals surface area contributed by atoms with Crippen LogP contribution >= 0.6 is 11.3 Å². The van der Waals surface area contributed by atoms with Crippen molar-refractivity contribution in [2.24, 2.45) is 0 Å². The molecule has 0 unspecified atom stereocenters. The molecule has 106 valence electrons. The van der Waals surface area contributed by atoms with Crippen LogP contribution in [0, 0.1) is 6.92 Å². The summed E-state index contributed by atoms with van der Waals surface area (Å²) in [6.07, 6.45) is 3.74. The number of hydrogen-bond donors (Lipinski definition) is 0. The number of hydrogen-bond acceptors (Lipinski definition) is 4. The number of rotatable bonds is 1. The molecule has 3 heterocycles. The number of carbonyl (C=O) groups is 1. The molecule has 0 N–H and O–H groups in total. The summed E-state index contributed by atoms with van der Waals surface area (Å²) in [6, 6.07) is 8.09. The summed E-state index contributed by atoms with van der Waals surface area (Å²) < 4.78 is 1.68. The van der Waals surface area contributed by atoms with E-state index in [4.69, 9.17) is 0 Å². The van der Waals surface area contributed by atoms with Crippen molar-refractivity contribution in [1.29, 1.82) is 0 Å². The van der Waals surface area contributed by atoms with Gasteiger partial charge in [-0.3, -0.25) is 4.79 Å². The average molecular weight is 298 g/mol. The van der Waals surface area contributed by atoms with E-state index in [0.29, 0.717) is 5.69 Å². The number of aromatic nitrogens is 3. The predicted molar refractivity (Wildman–Crippen MR) is 82.0 cm³/mol. The smallest absolute Gasteiger partial charge is 0.278 e. The summed E-state index contributed by atoms with van der Waals surface area (Å²) in [6.45, 7) is 2.68. The predicted octanol–water partition coefficient (Wildman–Crippen LogP) is 2.69. The zero-order chi connectivity index (χ0) is 14.4. The highest BCUT2D eigenvalue weighted by atomic mass is 32.1. The largest absolute Gasteiger partial charge is 0.307 e. The number of imidazole rings is 1. The normalized spacial score (nSPS) is 14.4. The quantitative estimate of drug-likeness (QED) is 0.694. The average Bonchev–Trinajstić information content (AvgIpc) is 3.03. The Kier molecular flexibility index (Phi) is 2.78. The van der Waals surface area contributed by atoms with E-state index in [1.54, 1.807) is 10.7 Å². The number of benzene rings is 1. The zero-order valence-corrected chi connectivity index (χ0v) is 12.4. The summed E-state index contributed by atoms with van der Waals surface area (Å²) in [5.74, 6) is -0.0440. The molecular weight excluding hydrogens is 284 g/mol. The summed E-state index contributed by atoms with van der Waals surface area (Å²) in [7, 11) is 0. The van der Waals surface area contributed by atoms with Gasteiger partial charge in [0.1, 0.15) is 10.7 Å². The molecular formula is C15H14N4OS. The molecule has 4 rings (SSSR count). The van der Waals surface area contributed by atoms with Gasteiger partial charge in [0, 0.05) is 12.2 Å². The topological polar surface area (TPSA) is 50.5 Å². The summed E-state index contributed by atoms with van der Waals surface area (Å²) >= 11 is 1.49. The van der Waals surface area contributed by atoms with Gasteiger partial charge >= 0.3 is 0 Å². The van der Waals surface area contributed by atoms with E-state index in [1.165, 1.54) is 16.9 Å². The molecule has 5 nitrogen and oxygen atoms in total. The molecule has 6 heteroatoms. The fraction of sp³-hybridized carbons (Fsp3) is 0.267. The Morgan fingerprint density at radius 3 is 3.05 bits per heavy atom. The van der Waals surface area contributed by atoms with Crippen molar-refractivity contribution in [3.63, 3.8) is 0 Å². The number of fused-ring (bicyclic) bond motifs is 2. The summed E-state index contributed by atoms with van der Waals surface area (Å²) in [5, 5.41) is 5.25. The SMILES string of the molecule is Cc1nn2cc(C(=O)N3CCCc4ccccc43)nc2s1. The molecule has 1 aromatic carbocycles. The number of para-hydroxylation sites is 1. The summed E-state index contributed by atoms with van der Waals surface area (Å²) in [4.78, 5) is 19.7. The molecule has 3 aromatic rings. The first-order valence-corrected chi connectivity index (χ1v) is 7.76. The Labute approximate surface area is 125 Å². The maximum Gasteiger partial charge on any atom is 0.278 e. The van der Waals surface area contributed by atoms with Crippen molar-refractivity contribution in [1.82, 2.24) is 14.6 Å². The van der Waals surface area contributed by atoms with Crippen LogP contribution in [0.3, 0.4) is 0 Å². The number of carbonyl (C=O) groups excluding carboxylic acids is 1. The molecule has 21 heavy (non-hydrogen) atoms. The Balaban J connectivity index is 1.73. The van der Waals surface area contributed by atoms with Gasteiger partial charge in [-0.2, -0.15) is 5.10 Å². The van der Waals surface area contributed by atoms with E-state index in [-0.39, 0.29) is 5.91 Å². The number of aryl methyl sites for hydroxylation is 2. The van der Waals surface area contributed by atoms with E-state index in [0.717, 1.165) is 35.0 Å². The van der Waals surface area contributed by atoms with Gasteiger partial charge < -0.3 is 4.90 Å². The third-order valence-electron chi connectivity index (χ3n) is 3.72. The van der Waals surface area contributed by atoms with Crippen molar-refractivity contribution < 1.29 is 4.79 Å². The van der Waals surface area contributed by atoms with Crippen LogP contribution in [0.4, 0.5) is 5.69 Å². The van der Waals surface area contributed by atoms with Gasteiger partial charge in [0.25, 0.3) is 5.91 Å². The third kappa shape index (κ3) is 2.03. The van der Waals surface area contributed by atoms with Gasteiger partial charge in [-0.15, -0.1) is 0 Å². The van der Waals surface area contributed by atoms with Gasteiger partial charge in [0.05, 0.1) is 6.20 Å². The molecule has 0 fully saturated rings. The minimum absolute atomic E-state index is 0.0440. The first-order chi connectivity index (χ1) is 10.2. The Morgan fingerprint density at radius 1 is 1.33 bits per heavy atom. The monoisotopic (exact) mass is 298 g/mol. The Morgan fingerprint density at radius 2 is 2.19 bits per heavy atom. The van der Waals surface area contributed by atoms with Crippen LogP contribution in [0.1, 0.15) is 27.5 Å². The molecule has 0 saturated heterocycles. The molecule has 0 spiro atoms. The lowest BCUT2D eigenvalue weighted by Gasteiger charge is -2.28. The fourth-order valence-electron chi connectivity index (χ4n) is 2.79. The van der Waals surface area contributed by atoms with Crippen molar-refractivity contribution in [2.45, 2.75) is 19.8 Å². The van der Waals surface area contributed by atoms with Crippen LogP contribution in [-0.2, 0) is 6.42 Å². The second-order valence-electron chi connectivity index (χ2n) is 5.16. The minimum Gasteiger partial charge on any atom is -0.307 e. The first kappa shape index (κ1) is 12.5. The highest BCUT2D eigenvalue weighted by Gasteiger charge is 2.25. The molecule has 1 amide bonds. The molecule has 1 aliphatic heterocycles. The molecule has 0 atom stereocenters. The van der Waals surface area contributed by atoms with E-state index < -0.39 is 0 Å². The van der Waals surface area contributed by atoms with Gasteiger partial charge in [0.2, 0.25) is 4.96 Å². The number of anilines is 1. The lowest BCUT2D eigenvalue weighted by Crippen LogP contribution is -2.35. The van der Waals surface area contributed by atoms with E-state index >= 15 is 0 Å². The minimum atomic E-state index is -0.0440. The van der Waals surface area contributed by atoms with Gasteiger partial charge in [0.15, 0.2) is 0 Å². The molecule has 0 saturated carbocycles. The second kappa shape index (κ2) is 4.66. The maximum atomic E-state index is 12.7. The van der Waals surface area contributed by atoms with E-state index in [2.05, 4.69) is 16.1 Å². The standard InChI is InChI=1S/C15H14N4OS/c1-10-17-19-9-12(16-15(19)21-10)14(20)18-8-4-6-11-5-2-3-7-13(11)18/h2-3,5,7,9H,4,6,8H2,1H3. The fourth-order valence-corrected chi connectivity index (χ4v) is 3.51. The lowest BCUT2D eigenvalue weighted by molar-refractivity contribution is 0.0981. The van der Waals surface area contributed by atoms with Gasteiger partial charge in [-0.25, -0.2) is 9.50 Å². The maximum absolute atomic E-state index is 12.7. The second-order valence-corrected chi connectivity index (χ2v) is 6.32. The van der Waals surface area contributed by atoms with Crippen molar-refractivity contribution in [2.75, 3.05) is 11.4 Å². The summed E-state index contributed by atoms with van der Waals surface area (Å²) in [5.41, 5.74) is 2.70. The number of amides is 1. The van der Waals surface area contributed by atoms with Crippen molar-refractivity contribution in [3.05, 3.63) is 46.7 Å². The zero-order valence-electron chi connectivity index (χ0n) is 11.6. The van der Waals surface area contributed by atoms with Crippen molar-refractivity contribution >= 4 is 27.9 Å². The highest BCUT2D eigenvalue weighted by molar-refractivity contribution is 7.16. The Hall–Kier alpha value is -2.21. The van der Waals surface area contributed by atoms with E-state index in [9.17, 15) is 4.79 Å². The Bertz CT molecular complexity index is 804.